The molecule has 4 nitrogen and oxygen atoms in total. The lowest BCUT2D eigenvalue weighted by Gasteiger charge is -2.33. The van der Waals surface area contributed by atoms with Crippen molar-refractivity contribution in [2.75, 3.05) is 7.05 Å². The van der Waals surface area contributed by atoms with Crippen LogP contribution in [0.2, 0.25) is 0 Å². The number of rotatable bonds is 2. The smallest absolute Gasteiger partial charge is 0.135 e. The molecule has 2 aliphatic rings. The number of hydrogen-bond acceptors (Lipinski definition) is 2. The van der Waals surface area contributed by atoms with E-state index in [2.05, 4.69) is 73.5 Å². The third kappa shape index (κ3) is 2.33. The molecule has 1 unspecified atom stereocenters. The van der Waals surface area contributed by atoms with Crippen molar-refractivity contribution in [2.24, 2.45) is 7.05 Å². The highest BCUT2D eigenvalue weighted by Crippen LogP contribution is 2.42. The van der Waals surface area contributed by atoms with E-state index in [1.165, 1.54) is 11.1 Å². The van der Waals surface area contributed by atoms with Gasteiger partial charge < -0.3 is 14.4 Å². The van der Waals surface area contributed by atoms with Gasteiger partial charge in [0, 0.05) is 37.8 Å². The summed E-state index contributed by atoms with van der Waals surface area (Å²) in [5.41, 5.74) is 7.73. The fourth-order valence-corrected chi connectivity index (χ4v) is 3.83. The Morgan fingerprint density at radius 2 is 1.73 bits per heavy atom. The van der Waals surface area contributed by atoms with Gasteiger partial charge in [-0.25, -0.2) is 0 Å². The topological polar surface area (TPSA) is 35.3 Å². The van der Waals surface area contributed by atoms with E-state index in [0.717, 1.165) is 28.2 Å². The summed E-state index contributed by atoms with van der Waals surface area (Å²) in [4.78, 5) is 4.16. The molecule has 0 aliphatic carbocycles. The molecule has 2 aromatic rings. The van der Waals surface area contributed by atoms with E-state index < -0.39 is 0 Å². The van der Waals surface area contributed by atoms with Crippen LogP contribution in [0.5, 0.6) is 0 Å². The minimum atomic E-state index is -0.00633. The van der Waals surface area contributed by atoms with Crippen molar-refractivity contribution in [3.05, 3.63) is 94.7 Å². The summed E-state index contributed by atoms with van der Waals surface area (Å²) in [6.45, 7) is 8.29. The second-order valence-electron chi connectivity index (χ2n) is 7.20. The SMILES string of the molecule is C=C1C(C)=CC(N2C(=N)c3ccn(C)c3C2c2ccc(C)cc2)=CN1C. The zero-order valence-corrected chi connectivity index (χ0v) is 15.7. The van der Waals surface area contributed by atoms with E-state index in [1.807, 2.05) is 24.2 Å². The molecule has 0 amide bonds. The van der Waals surface area contributed by atoms with Crippen LogP contribution in [0.25, 0.3) is 0 Å². The molecular formula is C22H24N4. The lowest BCUT2D eigenvalue weighted by molar-refractivity contribution is 0.429. The maximum absolute atomic E-state index is 8.84. The molecule has 1 aromatic carbocycles. The molecule has 0 fully saturated rings. The molecule has 0 bridgehead atoms. The zero-order chi connectivity index (χ0) is 18.6. The molecule has 0 radical (unpaired) electrons. The number of aromatic nitrogens is 1. The van der Waals surface area contributed by atoms with E-state index in [4.69, 9.17) is 5.41 Å². The minimum absolute atomic E-state index is 0.00633. The Morgan fingerprint density at radius 3 is 2.38 bits per heavy atom. The minimum Gasteiger partial charge on any atom is -0.352 e. The molecule has 1 aromatic heterocycles. The van der Waals surface area contributed by atoms with Gasteiger partial charge in [-0.2, -0.15) is 0 Å². The normalized spacial score (nSPS) is 19.6. The third-order valence-corrected chi connectivity index (χ3v) is 5.38. The molecule has 4 rings (SSSR count). The summed E-state index contributed by atoms with van der Waals surface area (Å²) in [5, 5.41) is 8.84. The van der Waals surface area contributed by atoms with Crippen LogP contribution in [0.1, 0.15) is 35.3 Å². The fraction of sp³-hybridized carbons (Fsp3) is 0.227. The average molecular weight is 344 g/mol. The van der Waals surface area contributed by atoms with Crippen molar-refractivity contribution in [1.29, 1.82) is 5.41 Å². The van der Waals surface area contributed by atoms with Crippen LogP contribution in [0.15, 0.2) is 72.4 Å². The summed E-state index contributed by atoms with van der Waals surface area (Å²) in [6, 6.07) is 10.7. The molecule has 132 valence electrons. The predicted molar refractivity (Wildman–Crippen MR) is 106 cm³/mol. The van der Waals surface area contributed by atoms with E-state index in [1.54, 1.807) is 0 Å². The van der Waals surface area contributed by atoms with Gasteiger partial charge in [0.2, 0.25) is 0 Å². The number of aryl methyl sites for hydroxylation is 2. The first-order valence-corrected chi connectivity index (χ1v) is 8.80. The van der Waals surface area contributed by atoms with Crippen molar-refractivity contribution in [2.45, 2.75) is 19.9 Å². The summed E-state index contributed by atoms with van der Waals surface area (Å²) < 4.78 is 2.14. The fourth-order valence-electron chi connectivity index (χ4n) is 3.83. The highest BCUT2D eigenvalue weighted by Gasteiger charge is 2.39. The number of amidine groups is 1. The molecule has 2 aliphatic heterocycles. The molecule has 1 N–H and O–H groups in total. The maximum Gasteiger partial charge on any atom is 0.135 e. The molecule has 26 heavy (non-hydrogen) atoms. The van der Waals surface area contributed by atoms with Gasteiger partial charge in [-0.3, -0.25) is 5.41 Å². The van der Waals surface area contributed by atoms with Crippen molar-refractivity contribution < 1.29 is 0 Å². The Hall–Kier alpha value is -3.01. The van der Waals surface area contributed by atoms with Crippen LogP contribution in [-0.2, 0) is 7.05 Å². The summed E-state index contributed by atoms with van der Waals surface area (Å²) in [5.74, 6) is 0.544. The number of benzene rings is 1. The van der Waals surface area contributed by atoms with Crippen molar-refractivity contribution in [3.63, 3.8) is 0 Å². The van der Waals surface area contributed by atoms with E-state index in [-0.39, 0.29) is 6.04 Å². The van der Waals surface area contributed by atoms with Gasteiger partial charge in [0.05, 0.1) is 11.4 Å². The number of allylic oxidation sites excluding steroid dienone is 2. The Kier molecular flexibility index (Phi) is 3.65. The molecular weight excluding hydrogens is 320 g/mol. The number of fused-ring (bicyclic) bond motifs is 1. The predicted octanol–water partition coefficient (Wildman–Crippen LogP) is 4.31. The largest absolute Gasteiger partial charge is 0.352 e. The van der Waals surface area contributed by atoms with Gasteiger partial charge in [-0.05, 0) is 37.1 Å². The highest BCUT2D eigenvalue weighted by molar-refractivity contribution is 6.02. The van der Waals surface area contributed by atoms with Gasteiger partial charge >= 0.3 is 0 Å². The third-order valence-electron chi connectivity index (χ3n) is 5.38. The molecule has 4 heteroatoms. The second kappa shape index (κ2) is 5.77. The zero-order valence-electron chi connectivity index (χ0n) is 15.7. The molecule has 3 heterocycles. The van der Waals surface area contributed by atoms with Crippen molar-refractivity contribution in [1.82, 2.24) is 14.4 Å². The standard InChI is InChI=1S/C22H24N4/c1-14-6-8-17(9-7-14)20-21-19(10-11-24(21)4)22(23)26(20)18-12-15(2)16(3)25(5)13-18/h6-13,20,23H,3H2,1-2,4-5H3. The van der Waals surface area contributed by atoms with Gasteiger partial charge in [0.25, 0.3) is 0 Å². The summed E-state index contributed by atoms with van der Waals surface area (Å²) in [6.07, 6.45) is 6.24. The Morgan fingerprint density at radius 1 is 1.04 bits per heavy atom. The Balaban J connectivity index is 1.88. The van der Waals surface area contributed by atoms with Crippen LogP contribution < -0.4 is 0 Å². The Labute approximate surface area is 154 Å². The molecule has 0 saturated carbocycles. The van der Waals surface area contributed by atoms with Gasteiger partial charge in [-0.1, -0.05) is 36.4 Å². The lowest BCUT2D eigenvalue weighted by Crippen LogP contribution is -2.31. The lowest BCUT2D eigenvalue weighted by atomic mass is 10.0. The van der Waals surface area contributed by atoms with Crippen LogP contribution in [0.3, 0.4) is 0 Å². The number of hydrogen-bond donors (Lipinski definition) is 1. The van der Waals surface area contributed by atoms with Gasteiger partial charge in [-0.15, -0.1) is 0 Å². The highest BCUT2D eigenvalue weighted by atomic mass is 15.3. The first-order chi connectivity index (χ1) is 12.4. The Bertz CT molecular complexity index is 972. The van der Waals surface area contributed by atoms with Gasteiger partial charge in [0.15, 0.2) is 0 Å². The second-order valence-corrected chi connectivity index (χ2v) is 7.20. The first kappa shape index (κ1) is 16.5. The van der Waals surface area contributed by atoms with Crippen molar-refractivity contribution in [3.8, 4) is 0 Å². The average Bonchev–Trinajstić information content (AvgIpc) is 3.12. The van der Waals surface area contributed by atoms with Gasteiger partial charge in [0.1, 0.15) is 11.9 Å². The van der Waals surface area contributed by atoms with E-state index >= 15 is 0 Å². The first-order valence-electron chi connectivity index (χ1n) is 8.80. The quantitative estimate of drug-likeness (QED) is 0.881. The molecule has 0 saturated heterocycles. The number of likely N-dealkylation sites (N-methyl/N-ethyl adjacent to an activating group) is 1. The van der Waals surface area contributed by atoms with Crippen LogP contribution in [0.4, 0.5) is 0 Å². The maximum atomic E-state index is 8.84. The molecule has 0 spiro atoms. The van der Waals surface area contributed by atoms with Crippen LogP contribution in [-0.4, -0.2) is 27.3 Å². The summed E-state index contributed by atoms with van der Waals surface area (Å²) in [7, 11) is 4.06. The molecule has 1 atom stereocenters. The van der Waals surface area contributed by atoms with E-state index in [0.29, 0.717) is 5.84 Å². The number of nitrogens with zero attached hydrogens (tertiary/aromatic N) is 3. The number of nitrogens with one attached hydrogen (secondary N) is 1. The van der Waals surface area contributed by atoms with E-state index in [9.17, 15) is 0 Å². The summed E-state index contributed by atoms with van der Waals surface area (Å²) >= 11 is 0. The van der Waals surface area contributed by atoms with Crippen LogP contribution >= 0.6 is 0 Å². The monoisotopic (exact) mass is 344 g/mol. The van der Waals surface area contributed by atoms with Crippen LogP contribution in [0, 0.1) is 12.3 Å². The van der Waals surface area contributed by atoms with Crippen molar-refractivity contribution >= 4 is 5.84 Å².